The van der Waals surface area contributed by atoms with Gasteiger partial charge in [0.15, 0.2) is 0 Å². The first kappa shape index (κ1) is 29.4. The van der Waals surface area contributed by atoms with E-state index in [4.69, 9.17) is 9.47 Å². The van der Waals surface area contributed by atoms with Crippen LogP contribution in [0.2, 0.25) is 0 Å². The molecule has 2 heterocycles. The molecule has 0 saturated carbocycles. The Balaban J connectivity index is 1.04. The number of fused-ring (bicyclic) bond motifs is 6. The van der Waals surface area contributed by atoms with Crippen LogP contribution < -0.4 is 9.47 Å². The molecular formula is C52H30O2. The van der Waals surface area contributed by atoms with Gasteiger partial charge in [-0.25, -0.2) is 0 Å². The van der Waals surface area contributed by atoms with Crippen LogP contribution in [0.3, 0.4) is 0 Å². The molecular weight excluding hydrogens is 657 g/mol. The molecule has 12 rings (SSSR count). The molecule has 0 radical (unpaired) electrons. The number of rotatable bonds is 3. The maximum absolute atomic E-state index is 6.44. The fourth-order valence-electron chi connectivity index (χ4n) is 9.18. The van der Waals surface area contributed by atoms with Crippen LogP contribution in [0.1, 0.15) is 0 Å². The molecule has 0 fully saturated rings. The van der Waals surface area contributed by atoms with Gasteiger partial charge in [0.1, 0.15) is 23.0 Å². The van der Waals surface area contributed by atoms with Gasteiger partial charge in [-0.05, 0) is 101 Å². The van der Waals surface area contributed by atoms with Gasteiger partial charge in [0.2, 0.25) is 0 Å². The third kappa shape index (κ3) is 4.11. The highest BCUT2D eigenvalue weighted by molar-refractivity contribution is 6.18. The minimum Gasteiger partial charge on any atom is -0.456 e. The van der Waals surface area contributed by atoms with Crippen molar-refractivity contribution in [3.63, 3.8) is 0 Å². The minimum absolute atomic E-state index is 0.905. The molecule has 0 atom stereocenters. The van der Waals surface area contributed by atoms with Crippen molar-refractivity contribution in [3.8, 4) is 78.6 Å². The molecule has 0 unspecified atom stereocenters. The Morgan fingerprint density at radius 2 is 0.481 bits per heavy atom. The third-order valence-electron chi connectivity index (χ3n) is 11.5. The maximum atomic E-state index is 6.44. The van der Waals surface area contributed by atoms with Crippen LogP contribution in [0.15, 0.2) is 182 Å². The zero-order valence-corrected chi connectivity index (χ0v) is 29.1. The molecule has 0 N–H and O–H groups in total. The Kier molecular flexibility index (Phi) is 6.09. The Morgan fingerprint density at radius 1 is 0.185 bits per heavy atom. The van der Waals surface area contributed by atoms with Gasteiger partial charge < -0.3 is 9.47 Å². The molecule has 0 bridgehead atoms. The average Bonchev–Trinajstić information content (AvgIpc) is 3.23. The molecule has 0 saturated heterocycles. The van der Waals surface area contributed by atoms with E-state index < -0.39 is 0 Å². The first-order valence-electron chi connectivity index (χ1n) is 18.5. The Bertz CT molecular complexity index is 3050. The molecule has 2 aliphatic rings. The quantitative estimate of drug-likeness (QED) is 0.184. The Hall–Kier alpha value is -7.16. The highest BCUT2D eigenvalue weighted by Gasteiger charge is 2.24. The summed E-state index contributed by atoms with van der Waals surface area (Å²) in [4.78, 5) is 0. The molecule has 0 aromatic heterocycles. The number of hydrogen-bond donors (Lipinski definition) is 0. The van der Waals surface area contributed by atoms with Crippen molar-refractivity contribution in [2.75, 3.05) is 0 Å². The SMILES string of the molecule is c1ccc2c(c1)Oc1ccc(-c3cccc4c(-c5ccc(-c6ccc7c8c(cccc68)-c6ccccc6O7)c6ccccc56)cccc34)c3cccc-2c13. The van der Waals surface area contributed by atoms with E-state index in [0.29, 0.717) is 0 Å². The van der Waals surface area contributed by atoms with Crippen molar-refractivity contribution in [1.82, 2.24) is 0 Å². The van der Waals surface area contributed by atoms with Gasteiger partial charge in [-0.1, -0.05) is 158 Å². The van der Waals surface area contributed by atoms with Gasteiger partial charge in [-0.2, -0.15) is 0 Å². The molecule has 10 aromatic carbocycles. The first-order chi connectivity index (χ1) is 26.8. The second kappa shape index (κ2) is 11.2. The summed E-state index contributed by atoms with van der Waals surface area (Å²) in [6.45, 7) is 0. The lowest BCUT2D eigenvalue weighted by Gasteiger charge is -2.23. The van der Waals surface area contributed by atoms with Crippen molar-refractivity contribution < 1.29 is 9.47 Å². The number of ether oxygens (including phenoxy) is 2. The zero-order chi connectivity index (χ0) is 35.3. The van der Waals surface area contributed by atoms with Crippen molar-refractivity contribution in [2.45, 2.75) is 0 Å². The summed E-state index contributed by atoms with van der Waals surface area (Å²) in [5, 5.41) is 9.63. The monoisotopic (exact) mass is 686 g/mol. The molecule has 250 valence electrons. The van der Waals surface area contributed by atoms with E-state index >= 15 is 0 Å². The van der Waals surface area contributed by atoms with Gasteiger partial charge in [0.05, 0.1) is 0 Å². The number of para-hydroxylation sites is 2. The third-order valence-corrected chi connectivity index (χ3v) is 11.5. The summed E-state index contributed by atoms with van der Waals surface area (Å²) < 4.78 is 12.9. The Labute approximate surface area is 312 Å². The summed E-state index contributed by atoms with van der Waals surface area (Å²) in [7, 11) is 0. The second-order valence-corrected chi connectivity index (χ2v) is 14.3. The summed E-state index contributed by atoms with van der Waals surface area (Å²) in [6.07, 6.45) is 0. The predicted molar refractivity (Wildman–Crippen MR) is 224 cm³/mol. The van der Waals surface area contributed by atoms with Crippen LogP contribution in [0, 0.1) is 0 Å². The van der Waals surface area contributed by atoms with Gasteiger partial charge >= 0.3 is 0 Å². The lowest BCUT2D eigenvalue weighted by atomic mass is 9.85. The lowest BCUT2D eigenvalue weighted by Crippen LogP contribution is -1.98. The second-order valence-electron chi connectivity index (χ2n) is 14.3. The van der Waals surface area contributed by atoms with Crippen LogP contribution >= 0.6 is 0 Å². The molecule has 10 aromatic rings. The summed E-state index contributed by atoms with van der Waals surface area (Å²) in [5.74, 6) is 3.62. The van der Waals surface area contributed by atoms with E-state index in [2.05, 4.69) is 170 Å². The van der Waals surface area contributed by atoms with Crippen LogP contribution in [0.25, 0.3) is 98.7 Å². The van der Waals surface area contributed by atoms with E-state index in [1.807, 2.05) is 12.1 Å². The van der Waals surface area contributed by atoms with E-state index in [1.54, 1.807) is 0 Å². The molecule has 2 heteroatoms. The molecule has 2 aliphatic heterocycles. The lowest BCUT2D eigenvalue weighted by molar-refractivity contribution is 0.487. The topological polar surface area (TPSA) is 18.5 Å². The highest BCUT2D eigenvalue weighted by atomic mass is 16.5. The maximum Gasteiger partial charge on any atom is 0.135 e. The molecule has 0 aliphatic carbocycles. The molecule has 2 nitrogen and oxygen atoms in total. The zero-order valence-electron chi connectivity index (χ0n) is 29.1. The molecule has 0 spiro atoms. The van der Waals surface area contributed by atoms with Crippen LogP contribution in [0.5, 0.6) is 23.0 Å². The van der Waals surface area contributed by atoms with E-state index in [0.717, 1.165) is 44.9 Å². The van der Waals surface area contributed by atoms with Crippen LogP contribution in [-0.2, 0) is 0 Å². The van der Waals surface area contributed by atoms with Crippen LogP contribution in [-0.4, -0.2) is 0 Å². The van der Waals surface area contributed by atoms with Crippen molar-refractivity contribution in [2.24, 2.45) is 0 Å². The fraction of sp³-hybridized carbons (Fsp3) is 0. The van der Waals surface area contributed by atoms with Gasteiger partial charge in [-0.15, -0.1) is 0 Å². The van der Waals surface area contributed by atoms with E-state index in [-0.39, 0.29) is 0 Å². The average molecular weight is 687 g/mol. The highest BCUT2D eigenvalue weighted by Crippen LogP contribution is 2.51. The first-order valence-corrected chi connectivity index (χ1v) is 18.5. The number of benzene rings is 10. The summed E-state index contributed by atoms with van der Waals surface area (Å²) in [6, 6.07) is 65.6. The van der Waals surface area contributed by atoms with Gasteiger partial charge in [0.25, 0.3) is 0 Å². The van der Waals surface area contributed by atoms with Gasteiger partial charge in [-0.3, -0.25) is 0 Å². The number of hydrogen-bond acceptors (Lipinski definition) is 2. The van der Waals surface area contributed by atoms with E-state index in [1.165, 1.54) is 76.8 Å². The smallest absolute Gasteiger partial charge is 0.135 e. The van der Waals surface area contributed by atoms with Gasteiger partial charge in [0, 0.05) is 21.9 Å². The fourth-order valence-corrected chi connectivity index (χ4v) is 9.18. The predicted octanol–water partition coefficient (Wildman–Crippen LogP) is 14.8. The molecule has 54 heavy (non-hydrogen) atoms. The van der Waals surface area contributed by atoms with Crippen LogP contribution in [0.4, 0.5) is 0 Å². The summed E-state index contributed by atoms with van der Waals surface area (Å²) >= 11 is 0. The summed E-state index contributed by atoms with van der Waals surface area (Å²) in [5.41, 5.74) is 12.0. The van der Waals surface area contributed by atoms with Crippen molar-refractivity contribution in [1.29, 1.82) is 0 Å². The Morgan fingerprint density at radius 3 is 0.944 bits per heavy atom. The normalized spacial score (nSPS) is 12.4. The van der Waals surface area contributed by atoms with E-state index in [9.17, 15) is 0 Å². The largest absolute Gasteiger partial charge is 0.456 e. The van der Waals surface area contributed by atoms with Crippen molar-refractivity contribution >= 4 is 43.1 Å². The van der Waals surface area contributed by atoms with Crippen molar-refractivity contribution in [3.05, 3.63) is 182 Å². The molecule has 0 amide bonds. The minimum atomic E-state index is 0.905. The standard InChI is InChI=1S/C52H30O2/c1-2-12-32-31(11-1)37(25-26-38(32)40-28-30-50-52-44(40)20-10-22-46(52)42-14-4-6-24-48(42)54-50)35-17-7-16-34-33(35)15-8-18-36(34)39-27-29-49-51-43(39)19-9-21-45(51)41-13-3-5-23-47(41)53-49/h1-30H.